The second-order valence-corrected chi connectivity index (χ2v) is 7.23. The van der Waals surface area contributed by atoms with Gasteiger partial charge in [0.2, 0.25) is 0 Å². The van der Waals surface area contributed by atoms with Gasteiger partial charge in [-0.3, -0.25) is 9.59 Å². The largest absolute Gasteiger partial charge is 0.459 e. The van der Waals surface area contributed by atoms with Crippen LogP contribution >= 0.6 is 15.9 Å². The molecule has 3 aromatic rings. The number of nitrogens with one attached hydrogen (secondary N) is 1. The van der Waals surface area contributed by atoms with Gasteiger partial charge in [-0.15, -0.1) is 0 Å². The molecule has 1 aliphatic rings. The molecule has 0 saturated carbocycles. The van der Waals surface area contributed by atoms with Crippen molar-refractivity contribution < 1.29 is 14.0 Å². The van der Waals surface area contributed by atoms with Crippen molar-refractivity contribution in [2.24, 2.45) is 0 Å². The average Bonchev–Trinajstić information content (AvgIpc) is 3.22. The van der Waals surface area contributed by atoms with E-state index in [2.05, 4.69) is 21.2 Å². The maximum absolute atomic E-state index is 12.5. The Hall–Kier alpha value is -2.86. The quantitative estimate of drug-likeness (QED) is 0.673. The van der Waals surface area contributed by atoms with Gasteiger partial charge in [0.15, 0.2) is 5.76 Å². The van der Waals surface area contributed by atoms with E-state index in [1.807, 2.05) is 36.4 Å². The van der Waals surface area contributed by atoms with E-state index in [0.29, 0.717) is 30.1 Å². The van der Waals surface area contributed by atoms with E-state index in [1.165, 1.54) is 11.8 Å². The number of furan rings is 1. The summed E-state index contributed by atoms with van der Waals surface area (Å²) in [7, 11) is 0. The Morgan fingerprint density at radius 3 is 2.67 bits per heavy atom. The third-order valence-electron chi connectivity index (χ3n) is 4.61. The number of halogens is 1. The second kappa shape index (κ2) is 7.40. The first-order valence-corrected chi connectivity index (χ1v) is 9.41. The van der Waals surface area contributed by atoms with Crippen molar-refractivity contribution in [2.75, 3.05) is 11.9 Å². The van der Waals surface area contributed by atoms with Crippen LogP contribution in [0.25, 0.3) is 0 Å². The molecule has 1 aliphatic heterocycles. The summed E-state index contributed by atoms with van der Waals surface area (Å²) < 4.78 is 5.97. The number of rotatable bonds is 3. The first-order valence-electron chi connectivity index (χ1n) is 8.62. The summed E-state index contributed by atoms with van der Waals surface area (Å²) in [5.74, 6) is 0.0480. The molecule has 0 unspecified atom stereocenters. The van der Waals surface area contributed by atoms with Crippen molar-refractivity contribution >= 4 is 33.4 Å². The minimum absolute atomic E-state index is 0.117. The Balaban J connectivity index is 1.52. The Morgan fingerprint density at radius 2 is 1.89 bits per heavy atom. The van der Waals surface area contributed by atoms with Crippen LogP contribution in [0.2, 0.25) is 0 Å². The Morgan fingerprint density at radius 1 is 1.04 bits per heavy atom. The summed E-state index contributed by atoms with van der Waals surface area (Å²) in [5.41, 5.74) is 3.51. The number of carbonyl (C=O) groups is 2. The zero-order chi connectivity index (χ0) is 18.8. The van der Waals surface area contributed by atoms with Crippen molar-refractivity contribution in [1.29, 1.82) is 0 Å². The fraction of sp³-hybridized carbons (Fsp3) is 0.143. The van der Waals surface area contributed by atoms with Gasteiger partial charge >= 0.3 is 0 Å². The minimum atomic E-state index is -0.179. The van der Waals surface area contributed by atoms with Crippen LogP contribution < -0.4 is 5.32 Å². The number of amides is 2. The zero-order valence-electron chi connectivity index (χ0n) is 14.4. The Labute approximate surface area is 165 Å². The predicted octanol–water partition coefficient (Wildman–Crippen LogP) is 4.49. The number of benzene rings is 2. The molecule has 0 aliphatic carbocycles. The lowest BCUT2D eigenvalue weighted by atomic mass is 9.98. The van der Waals surface area contributed by atoms with Crippen LogP contribution in [0.5, 0.6) is 0 Å². The van der Waals surface area contributed by atoms with Gasteiger partial charge in [-0.25, -0.2) is 0 Å². The molecule has 5 nitrogen and oxygen atoms in total. The molecule has 4 rings (SSSR count). The highest BCUT2D eigenvalue weighted by atomic mass is 79.9. The monoisotopic (exact) mass is 424 g/mol. The lowest BCUT2D eigenvalue weighted by Crippen LogP contribution is -2.35. The first kappa shape index (κ1) is 17.5. The molecule has 136 valence electrons. The van der Waals surface area contributed by atoms with Crippen LogP contribution in [-0.2, 0) is 13.0 Å². The summed E-state index contributed by atoms with van der Waals surface area (Å²) in [5, 5.41) is 2.93. The molecule has 0 bridgehead atoms. The summed E-state index contributed by atoms with van der Waals surface area (Å²) in [6, 6.07) is 16.5. The number of hydrogen-bond acceptors (Lipinski definition) is 3. The molecule has 0 radical (unpaired) electrons. The van der Waals surface area contributed by atoms with Gasteiger partial charge < -0.3 is 14.6 Å². The highest BCUT2D eigenvalue weighted by Gasteiger charge is 2.23. The van der Waals surface area contributed by atoms with E-state index >= 15 is 0 Å². The molecule has 0 spiro atoms. The molecule has 2 amide bonds. The van der Waals surface area contributed by atoms with E-state index in [0.717, 1.165) is 16.5 Å². The second-order valence-electron chi connectivity index (χ2n) is 6.37. The molecule has 6 heteroatoms. The summed E-state index contributed by atoms with van der Waals surface area (Å²) in [4.78, 5) is 26.8. The van der Waals surface area contributed by atoms with Gasteiger partial charge in [0.05, 0.1) is 11.8 Å². The van der Waals surface area contributed by atoms with Gasteiger partial charge in [0.1, 0.15) is 0 Å². The Kier molecular flexibility index (Phi) is 4.81. The zero-order valence-corrected chi connectivity index (χ0v) is 16.0. The van der Waals surface area contributed by atoms with E-state index in [9.17, 15) is 9.59 Å². The molecular formula is C21H17BrN2O3. The number of fused-ring (bicyclic) bond motifs is 1. The van der Waals surface area contributed by atoms with Crippen molar-refractivity contribution in [3.63, 3.8) is 0 Å². The number of hydrogen-bond donors (Lipinski definition) is 1. The van der Waals surface area contributed by atoms with Gasteiger partial charge in [0.25, 0.3) is 11.8 Å². The van der Waals surface area contributed by atoms with Crippen LogP contribution in [0.3, 0.4) is 0 Å². The number of carbonyl (C=O) groups excluding carboxylic acids is 2. The van der Waals surface area contributed by atoms with Crippen molar-refractivity contribution in [1.82, 2.24) is 4.90 Å². The van der Waals surface area contributed by atoms with Gasteiger partial charge in [0, 0.05) is 23.2 Å². The van der Waals surface area contributed by atoms with Crippen molar-refractivity contribution in [3.05, 3.63) is 87.8 Å². The summed E-state index contributed by atoms with van der Waals surface area (Å²) in [6.07, 6.45) is 2.28. The fourth-order valence-electron chi connectivity index (χ4n) is 3.21. The SMILES string of the molecule is O=C(Nc1ccc2c(c1)CN(C(=O)c1ccco1)CC2)c1ccccc1Br. The van der Waals surface area contributed by atoms with Crippen LogP contribution in [0.4, 0.5) is 5.69 Å². The molecular weight excluding hydrogens is 408 g/mol. The molecule has 0 atom stereocenters. The topological polar surface area (TPSA) is 62.6 Å². The van der Waals surface area contributed by atoms with Crippen LogP contribution in [0, 0.1) is 0 Å². The highest BCUT2D eigenvalue weighted by Crippen LogP contribution is 2.25. The van der Waals surface area contributed by atoms with Gasteiger partial charge in [-0.1, -0.05) is 18.2 Å². The third-order valence-corrected chi connectivity index (χ3v) is 5.31. The highest BCUT2D eigenvalue weighted by molar-refractivity contribution is 9.10. The van der Waals surface area contributed by atoms with E-state index in [4.69, 9.17) is 4.42 Å². The number of nitrogens with zero attached hydrogens (tertiary/aromatic N) is 1. The lowest BCUT2D eigenvalue weighted by molar-refractivity contribution is 0.0702. The maximum atomic E-state index is 12.5. The van der Waals surface area contributed by atoms with Crippen LogP contribution in [0.15, 0.2) is 69.8 Å². The molecule has 2 aromatic carbocycles. The Bertz CT molecular complexity index is 998. The molecule has 27 heavy (non-hydrogen) atoms. The maximum Gasteiger partial charge on any atom is 0.289 e. The molecule has 0 saturated heterocycles. The molecule has 1 aromatic heterocycles. The predicted molar refractivity (Wildman–Crippen MR) is 106 cm³/mol. The first-order chi connectivity index (χ1) is 13.1. The van der Waals surface area contributed by atoms with Gasteiger partial charge in [-0.05, 0) is 69.9 Å². The van der Waals surface area contributed by atoms with Gasteiger partial charge in [-0.2, -0.15) is 0 Å². The smallest absolute Gasteiger partial charge is 0.289 e. The minimum Gasteiger partial charge on any atom is -0.459 e. The van der Waals surface area contributed by atoms with Crippen molar-refractivity contribution in [3.8, 4) is 0 Å². The molecule has 0 fully saturated rings. The normalized spacial score (nSPS) is 13.1. The third kappa shape index (κ3) is 3.66. The standard InChI is InChI=1S/C21H17BrN2O3/c22-18-5-2-1-4-17(18)20(25)23-16-8-7-14-9-10-24(13-15(14)12-16)21(26)19-6-3-11-27-19/h1-8,11-12H,9-10,13H2,(H,23,25). The number of anilines is 1. The van der Waals surface area contributed by atoms with E-state index in [-0.39, 0.29) is 11.8 Å². The van der Waals surface area contributed by atoms with E-state index < -0.39 is 0 Å². The fourth-order valence-corrected chi connectivity index (χ4v) is 3.67. The molecule has 2 heterocycles. The van der Waals surface area contributed by atoms with E-state index in [1.54, 1.807) is 23.1 Å². The van der Waals surface area contributed by atoms with Crippen LogP contribution in [0.1, 0.15) is 32.0 Å². The van der Waals surface area contributed by atoms with Crippen LogP contribution in [-0.4, -0.2) is 23.3 Å². The average molecular weight is 425 g/mol. The molecule has 1 N–H and O–H groups in total. The summed E-state index contributed by atoms with van der Waals surface area (Å²) in [6.45, 7) is 1.14. The summed E-state index contributed by atoms with van der Waals surface area (Å²) >= 11 is 3.40. The lowest BCUT2D eigenvalue weighted by Gasteiger charge is -2.28. The van der Waals surface area contributed by atoms with Crippen molar-refractivity contribution in [2.45, 2.75) is 13.0 Å².